The van der Waals surface area contributed by atoms with Gasteiger partial charge in [0.15, 0.2) is 0 Å². The summed E-state index contributed by atoms with van der Waals surface area (Å²) in [7, 11) is 0. The molecule has 2 rings (SSSR count). The van der Waals surface area contributed by atoms with E-state index in [1.54, 1.807) is 0 Å². The highest BCUT2D eigenvalue weighted by molar-refractivity contribution is 5.56. The van der Waals surface area contributed by atoms with Crippen LogP contribution in [0.5, 0.6) is 0 Å². The van der Waals surface area contributed by atoms with Crippen LogP contribution in [0.4, 0.5) is 11.4 Å². The molecule has 0 atom stereocenters. The molecule has 88 valence electrons. The summed E-state index contributed by atoms with van der Waals surface area (Å²) in [5.74, 6) is 0. The van der Waals surface area contributed by atoms with E-state index in [-0.39, 0.29) is 0 Å². The van der Waals surface area contributed by atoms with Crippen LogP contribution in [0.1, 0.15) is 22.3 Å². The number of anilines is 2. The molecule has 0 aromatic heterocycles. The molecule has 0 aliphatic rings. The zero-order chi connectivity index (χ0) is 12.4. The molecule has 0 saturated heterocycles. The minimum Gasteiger partial charge on any atom is -0.398 e. The van der Waals surface area contributed by atoms with Crippen LogP contribution in [0.2, 0.25) is 0 Å². The first kappa shape index (κ1) is 11.5. The summed E-state index contributed by atoms with van der Waals surface area (Å²) in [6.07, 6.45) is 0.790. The number of aryl methyl sites for hydroxylation is 2. The lowest BCUT2D eigenvalue weighted by atomic mass is 9.99. The highest BCUT2D eigenvalue weighted by atomic mass is 14.6. The molecule has 2 nitrogen and oxygen atoms in total. The van der Waals surface area contributed by atoms with E-state index in [2.05, 4.69) is 24.3 Å². The Morgan fingerprint density at radius 1 is 0.765 bits per heavy atom. The SMILES string of the molecule is Cc1ccc(Cc2ccc(C)cc2N)c(N)c1. The second kappa shape index (κ2) is 4.50. The topological polar surface area (TPSA) is 52.0 Å². The van der Waals surface area contributed by atoms with Gasteiger partial charge in [0.25, 0.3) is 0 Å². The summed E-state index contributed by atoms with van der Waals surface area (Å²) in [6, 6.07) is 12.3. The molecule has 0 amide bonds. The van der Waals surface area contributed by atoms with Crippen LogP contribution in [0, 0.1) is 13.8 Å². The number of rotatable bonds is 2. The Hall–Kier alpha value is -1.96. The average molecular weight is 226 g/mol. The Morgan fingerprint density at radius 2 is 1.18 bits per heavy atom. The molecule has 2 aromatic rings. The van der Waals surface area contributed by atoms with Gasteiger partial charge in [-0.1, -0.05) is 24.3 Å². The molecule has 17 heavy (non-hydrogen) atoms. The van der Waals surface area contributed by atoms with E-state index in [1.807, 2.05) is 26.0 Å². The third-order valence-corrected chi connectivity index (χ3v) is 2.98. The second-order valence-corrected chi connectivity index (χ2v) is 4.58. The fourth-order valence-electron chi connectivity index (χ4n) is 1.96. The lowest BCUT2D eigenvalue weighted by Gasteiger charge is -2.09. The highest BCUT2D eigenvalue weighted by Crippen LogP contribution is 2.22. The van der Waals surface area contributed by atoms with Gasteiger partial charge in [-0.2, -0.15) is 0 Å². The van der Waals surface area contributed by atoms with Gasteiger partial charge < -0.3 is 11.5 Å². The third kappa shape index (κ3) is 2.59. The normalized spacial score (nSPS) is 10.5. The average Bonchev–Trinajstić information content (AvgIpc) is 2.25. The largest absolute Gasteiger partial charge is 0.398 e. The lowest BCUT2D eigenvalue weighted by molar-refractivity contribution is 1.19. The molecule has 0 fully saturated rings. The predicted molar refractivity (Wildman–Crippen MR) is 74.0 cm³/mol. The van der Waals surface area contributed by atoms with Crippen LogP contribution in [0.25, 0.3) is 0 Å². The quantitative estimate of drug-likeness (QED) is 0.773. The van der Waals surface area contributed by atoms with Crippen molar-refractivity contribution in [3.8, 4) is 0 Å². The van der Waals surface area contributed by atoms with E-state index < -0.39 is 0 Å². The number of nitrogen functional groups attached to an aromatic ring is 2. The Balaban J connectivity index is 2.31. The molecule has 0 heterocycles. The molecule has 0 bridgehead atoms. The van der Waals surface area contributed by atoms with E-state index >= 15 is 0 Å². The molecule has 0 saturated carbocycles. The first-order valence-corrected chi connectivity index (χ1v) is 5.76. The van der Waals surface area contributed by atoms with Gasteiger partial charge in [-0.25, -0.2) is 0 Å². The molecule has 4 N–H and O–H groups in total. The molecular weight excluding hydrogens is 208 g/mol. The molecule has 2 heteroatoms. The van der Waals surface area contributed by atoms with Crippen molar-refractivity contribution in [2.24, 2.45) is 0 Å². The number of hydrogen-bond donors (Lipinski definition) is 2. The van der Waals surface area contributed by atoms with Gasteiger partial charge in [0, 0.05) is 17.8 Å². The van der Waals surface area contributed by atoms with Crippen molar-refractivity contribution in [2.75, 3.05) is 11.5 Å². The maximum Gasteiger partial charge on any atom is 0.0352 e. The monoisotopic (exact) mass is 226 g/mol. The van der Waals surface area contributed by atoms with Crippen molar-refractivity contribution < 1.29 is 0 Å². The maximum atomic E-state index is 6.01. The van der Waals surface area contributed by atoms with Gasteiger partial charge >= 0.3 is 0 Å². The zero-order valence-corrected chi connectivity index (χ0v) is 10.3. The van der Waals surface area contributed by atoms with Crippen molar-refractivity contribution >= 4 is 11.4 Å². The summed E-state index contributed by atoms with van der Waals surface area (Å²) in [5, 5.41) is 0. The summed E-state index contributed by atoms with van der Waals surface area (Å²) < 4.78 is 0. The summed E-state index contributed by atoms with van der Waals surface area (Å²) in [5.41, 5.74) is 18.3. The van der Waals surface area contributed by atoms with Crippen LogP contribution in [0.15, 0.2) is 36.4 Å². The highest BCUT2D eigenvalue weighted by Gasteiger charge is 2.04. The Labute approximate surface area is 102 Å². The van der Waals surface area contributed by atoms with Crippen molar-refractivity contribution in [3.63, 3.8) is 0 Å². The van der Waals surface area contributed by atoms with Crippen molar-refractivity contribution in [1.82, 2.24) is 0 Å². The van der Waals surface area contributed by atoms with E-state index in [1.165, 1.54) is 11.1 Å². The lowest BCUT2D eigenvalue weighted by Crippen LogP contribution is -2.00. The molecular formula is C15H18N2. The van der Waals surface area contributed by atoms with Gasteiger partial charge in [0.2, 0.25) is 0 Å². The minimum absolute atomic E-state index is 0.790. The third-order valence-electron chi connectivity index (χ3n) is 2.98. The van der Waals surface area contributed by atoms with Gasteiger partial charge in [-0.3, -0.25) is 0 Å². The molecule has 0 aliphatic heterocycles. The van der Waals surface area contributed by atoms with E-state index in [0.29, 0.717) is 0 Å². The fraction of sp³-hybridized carbons (Fsp3) is 0.200. The van der Waals surface area contributed by atoms with Crippen LogP contribution >= 0.6 is 0 Å². The smallest absolute Gasteiger partial charge is 0.0352 e. The van der Waals surface area contributed by atoms with Crippen LogP contribution in [-0.4, -0.2) is 0 Å². The molecule has 0 radical (unpaired) electrons. The molecule has 0 unspecified atom stereocenters. The molecule has 0 spiro atoms. The number of hydrogen-bond acceptors (Lipinski definition) is 2. The predicted octanol–water partition coefficient (Wildman–Crippen LogP) is 3.06. The van der Waals surface area contributed by atoms with Gasteiger partial charge in [-0.05, 0) is 48.2 Å². The standard InChI is InChI=1S/C15H18N2/c1-10-3-5-12(14(16)7-10)9-13-6-4-11(2)8-15(13)17/h3-8H,9,16-17H2,1-2H3. The maximum absolute atomic E-state index is 6.01. The first-order chi connectivity index (χ1) is 8.06. The van der Waals surface area contributed by atoms with Crippen molar-refractivity contribution in [3.05, 3.63) is 58.7 Å². The number of nitrogens with two attached hydrogens (primary N) is 2. The fourth-order valence-corrected chi connectivity index (χ4v) is 1.96. The Kier molecular flexibility index (Phi) is 3.05. The van der Waals surface area contributed by atoms with Gasteiger partial charge in [0.1, 0.15) is 0 Å². The van der Waals surface area contributed by atoms with Crippen molar-refractivity contribution in [1.29, 1.82) is 0 Å². The second-order valence-electron chi connectivity index (χ2n) is 4.58. The summed E-state index contributed by atoms with van der Waals surface area (Å²) in [4.78, 5) is 0. The van der Waals surface area contributed by atoms with Gasteiger partial charge in [-0.15, -0.1) is 0 Å². The Morgan fingerprint density at radius 3 is 1.53 bits per heavy atom. The molecule has 0 aliphatic carbocycles. The van der Waals surface area contributed by atoms with Gasteiger partial charge in [0.05, 0.1) is 0 Å². The summed E-state index contributed by atoms with van der Waals surface area (Å²) >= 11 is 0. The van der Waals surface area contributed by atoms with Crippen LogP contribution in [0.3, 0.4) is 0 Å². The Bertz CT molecular complexity index is 495. The van der Waals surface area contributed by atoms with Crippen molar-refractivity contribution in [2.45, 2.75) is 20.3 Å². The van der Waals surface area contributed by atoms with Crippen LogP contribution < -0.4 is 11.5 Å². The molecule has 2 aromatic carbocycles. The summed E-state index contributed by atoms with van der Waals surface area (Å²) in [6.45, 7) is 4.08. The zero-order valence-electron chi connectivity index (χ0n) is 10.3. The van der Waals surface area contributed by atoms with E-state index in [9.17, 15) is 0 Å². The van der Waals surface area contributed by atoms with E-state index in [4.69, 9.17) is 11.5 Å². The number of benzene rings is 2. The minimum atomic E-state index is 0.790. The van der Waals surface area contributed by atoms with Crippen LogP contribution in [-0.2, 0) is 6.42 Å². The van der Waals surface area contributed by atoms with E-state index in [0.717, 1.165) is 28.9 Å². The first-order valence-electron chi connectivity index (χ1n) is 5.76.